The van der Waals surface area contributed by atoms with Crippen molar-refractivity contribution >= 4 is 17.8 Å². The molecule has 1 aromatic carbocycles. The first-order chi connectivity index (χ1) is 10.3. The molecule has 2 aromatic rings. The van der Waals surface area contributed by atoms with E-state index >= 15 is 0 Å². The summed E-state index contributed by atoms with van der Waals surface area (Å²) in [7, 11) is 0. The monoisotopic (exact) mass is 297 g/mol. The molecule has 114 valence electrons. The second-order valence-corrected chi connectivity index (χ2v) is 5.49. The third-order valence-corrected chi connectivity index (χ3v) is 3.74. The van der Waals surface area contributed by atoms with Crippen LogP contribution in [0.2, 0.25) is 0 Å². The number of hydrogen-bond acceptors (Lipinski definition) is 2. The maximum Gasteiger partial charge on any atom is 0.352 e. The molecule has 0 aliphatic carbocycles. The van der Waals surface area contributed by atoms with Gasteiger partial charge in [-0.1, -0.05) is 29.8 Å². The summed E-state index contributed by atoms with van der Waals surface area (Å²) < 4.78 is 0. The van der Waals surface area contributed by atoms with Gasteiger partial charge in [-0.15, -0.1) is 0 Å². The number of aryl methyl sites for hydroxylation is 3. The summed E-state index contributed by atoms with van der Waals surface area (Å²) in [5, 5.41) is 9.09. The Hall–Kier alpha value is -2.62. The largest absolute Gasteiger partial charge is 0.477 e. The number of ketones is 1. The lowest BCUT2D eigenvalue weighted by molar-refractivity contribution is 0.0690. The average Bonchev–Trinajstić information content (AvgIpc) is 2.73. The fraction of sp³-hybridized carbons (Fsp3) is 0.222. The molecule has 0 atom stereocenters. The second kappa shape index (κ2) is 6.02. The molecule has 0 saturated carbocycles. The highest BCUT2D eigenvalue weighted by Gasteiger charge is 2.19. The van der Waals surface area contributed by atoms with Crippen molar-refractivity contribution in [1.29, 1.82) is 0 Å². The summed E-state index contributed by atoms with van der Waals surface area (Å²) in [5.74, 6) is -1.25. The van der Waals surface area contributed by atoms with E-state index in [1.807, 2.05) is 26.0 Å². The number of H-pyrrole nitrogens is 1. The Kier molecular flexibility index (Phi) is 4.31. The van der Waals surface area contributed by atoms with Gasteiger partial charge in [-0.25, -0.2) is 4.79 Å². The van der Waals surface area contributed by atoms with E-state index in [2.05, 4.69) is 11.1 Å². The zero-order chi connectivity index (χ0) is 16.4. The number of allylic oxidation sites excluding steroid dienone is 1. The summed E-state index contributed by atoms with van der Waals surface area (Å²) in [4.78, 5) is 26.2. The van der Waals surface area contributed by atoms with Crippen LogP contribution in [0.3, 0.4) is 0 Å². The van der Waals surface area contributed by atoms with Crippen LogP contribution in [0.5, 0.6) is 0 Å². The molecule has 0 fully saturated rings. The van der Waals surface area contributed by atoms with Gasteiger partial charge in [0, 0.05) is 11.3 Å². The SMILES string of the molecule is Cc1ccc(/C=C/C(=O)c2c(C)[nH]c(C(=O)O)c2C)c(C)c1. The van der Waals surface area contributed by atoms with Gasteiger partial charge in [-0.3, -0.25) is 4.79 Å². The van der Waals surface area contributed by atoms with E-state index in [0.29, 0.717) is 16.8 Å². The van der Waals surface area contributed by atoms with Crippen LogP contribution in [-0.2, 0) is 0 Å². The van der Waals surface area contributed by atoms with E-state index in [0.717, 1.165) is 11.1 Å². The lowest BCUT2D eigenvalue weighted by Crippen LogP contribution is -2.01. The molecule has 0 aliphatic rings. The number of carbonyl (C=O) groups excluding carboxylic acids is 1. The van der Waals surface area contributed by atoms with Crippen LogP contribution in [0.15, 0.2) is 24.3 Å². The molecule has 0 bridgehead atoms. The summed E-state index contributed by atoms with van der Waals surface area (Å²) in [5.41, 5.74) is 4.79. The average molecular weight is 297 g/mol. The van der Waals surface area contributed by atoms with Gasteiger partial charge < -0.3 is 10.1 Å². The van der Waals surface area contributed by atoms with Crippen LogP contribution in [0.25, 0.3) is 6.08 Å². The quantitative estimate of drug-likeness (QED) is 0.665. The number of benzene rings is 1. The Balaban J connectivity index is 2.33. The van der Waals surface area contributed by atoms with Gasteiger partial charge in [0.1, 0.15) is 5.69 Å². The number of carboxylic acid groups (broad SMARTS) is 1. The standard InChI is InChI=1S/C18H19NO3/c1-10-5-6-14(11(2)9-10)7-8-15(20)16-12(3)17(18(21)22)19-13(16)4/h5-9,19H,1-4H3,(H,21,22)/b8-7+. The van der Waals surface area contributed by atoms with E-state index in [-0.39, 0.29) is 11.5 Å². The number of aromatic amines is 1. The number of carboxylic acids is 1. The van der Waals surface area contributed by atoms with Crippen LogP contribution >= 0.6 is 0 Å². The lowest BCUT2D eigenvalue weighted by Gasteiger charge is -2.02. The zero-order valence-electron chi connectivity index (χ0n) is 13.2. The van der Waals surface area contributed by atoms with E-state index < -0.39 is 5.97 Å². The highest BCUT2D eigenvalue weighted by molar-refractivity contribution is 6.10. The van der Waals surface area contributed by atoms with Gasteiger partial charge in [0.05, 0.1) is 0 Å². The van der Waals surface area contributed by atoms with Crippen molar-refractivity contribution in [2.75, 3.05) is 0 Å². The highest BCUT2D eigenvalue weighted by atomic mass is 16.4. The third kappa shape index (κ3) is 3.01. The number of rotatable bonds is 4. The Bertz CT molecular complexity index is 782. The molecule has 0 saturated heterocycles. The molecule has 1 aromatic heterocycles. The minimum Gasteiger partial charge on any atom is -0.477 e. The molecule has 0 unspecified atom stereocenters. The summed E-state index contributed by atoms with van der Waals surface area (Å²) in [6, 6.07) is 6.01. The Labute approximate surface area is 129 Å². The molecule has 0 amide bonds. The molecule has 0 spiro atoms. The van der Waals surface area contributed by atoms with Crippen molar-refractivity contribution in [3.8, 4) is 0 Å². The van der Waals surface area contributed by atoms with Crippen molar-refractivity contribution < 1.29 is 14.7 Å². The summed E-state index contributed by atoms with van der Waals surface area (Å²) in [6.45, 7) is 7.36. The van der Waals surface area contributed by atoms with Gasteiger partial charge in [-0.05, 0) is 50.5 Å². The third-order valence-electron chi connectivity index (χ3n) is 3.74. The smallest absolute Gasteiger partial charge is 0.352 e. The Morgan fingerprint density at radius 3 is 2.36 bits per heavy atom. The number of aromatic nitrogens is 1. The number of hydrogen-bond donors (Lipinski definition) is 2. The van der Waals surface area contributed by atoms with Crippen LogP contribution in [0, 0.1) is 27.7 Å². The first-order valence-corrected chi connectivity index (χ1v) is 7.03. The van der Waals surface area contributed by atoms with Crippen molar-refractivity contribution in [2.24, 2.45) is 0 Å². The number of aromatic carboxylic acids is 1. The molecule has 0 radical (unpaired) electrons. The molecule has 2 rings (SSSR count). The van der Waals surface area contributed by atoms with Gasteiger partial charge in [0.2, 0.25) is 0 Å². The molecule has 22 heavy (non-hydrogen) atoms. The summed E-state index contributed by atoms with van der Waals surface area (Å²) in [6.07, 6.45) is 3.26. The van der Waals surface area contributed by atoms with E-state index in [1.54, 1.807) is 19.9 Å². The van der Waals surface area contributed by atoms with Gasteiger partial charge in [0.15, 0.2) is 5.78 Å². The van der Waals surface area contributed by atoms with Gasteiger partial charge in [0.25, 0.3) is 0 Å². The van der Waals surface area contributed by atoms with Crippen molar-refractivity contribution in [3.63, 3.8) is 0 Å². The fourth-order valence-electron chi connectivity index (χ4n) is 2.59. The number of carbonyl (C=O) groups is 2. The predicted octanol–water partition coefficient (Wildman–Crippen LogP) is 3.84. The van der Waals surface area contributed by atoms with Gasteiger partial charge >= 0.3 is 5.97 Å². The maximum absolute atomic E-state index is 12.4. The van der Waals surface area contributed by atoms with E-state index in [9.17, 15) is 9.59 Å². The molecular formula is C18H19NO3. The topological polar surface area (TPSA) is 70.2 Å². The van der Waals surface area contributed by atoms with Gasteiger partial charge in [-0.2, -0.15) is 0 Å². The highest BCUT2D eigenvalue weighted by Crippen LogP contribution is 2.20. The fourth-order valence-corrected chi connectivity index (χ4v) is 2.59. The van der Waals surface area contributed by atoms with Crippen LogP contribution in [0.1, 0.15) is 48.8 Å². The minimum atomic E-state index is -1.06. The van der Waals surface area contributed by atoms with Crippen LogP contribution < -0.4 is 0 Å². The van der Waals surface area contributed by atoms with Crippen molar-refractivity contribution in [3.05, 3.63) is 63.5 Å². The molecule has 0 aliphatic heterocycles. The maximum atomic E-state index is 12.4. The summed E-state index contributed by atoms with van der Waals surface area (Å²) >= 11 is 0. The molecule has 4 heteroatoms. The Morgan fingerprint density at radius 2 is 1.82 bits per heavy atom. The number of nitrogens with one attached hydrogen (secondary N) is 1. The van der Waals surface area contributed by atoms with Crippen LogP contribution in [0.4, 0.5) is 0 Å². The van der Waals surface area contributed by atoms with Crippen LogP contribution in [-0.4, -0.2) is 21.8 Å². The second-order valence-electron chi connectivity index (χ2n) is 5.49. The normalized spacial score (nSPS) is 11.1. The van der Waals surface area contributed by atoms with E-state index in [1.165, 1.54) is 11.6 Å². The molecular weight excluding hydrogens is 278 g/mol. The van der Waals surface area contributed by atoms with Crippen molar-refractivity contribution in [1.82, 2.24) is 4.98 Å². The molecule has 1 heterocycles. The Morgan fingerprint density at radius 1 is 1.14 bits per heavy atom. The van der Waals surface area contributed by atoms with Crippen molar-refractivity contribution in [2.45, 2.75) is 27.7 Å². The first-order valence-electron chi connectivity index (χ1n) is 7.03. The molecule has 4 nitrogen and oxygen atoms in total. The first kappa shape index (κ1) is 15.8. The van der Waals surface area contributed by atoms with E-state index in [4.69, 9.17) is 5.11 Å². The zero-order valence-corrected chi connectivity index (χ0v) is 13.2. The minimum absolute atomic E-state index is 0.0702. The lowest BCUT2D eigenvalue weighted by atomic mass is 10.0. The molecule has 2 N–H and O–H groups in total. The predicted molar refractivity (Wildman–Crippen MR) is 86.5 cm³/mol.